The highest BCUT2D eigenvalue weighted by atomic mass is 19.3. The number of nitrogens with one attached hydrogen (secondary N) is 1. The maximum absolute atomic E-state index is 12.0. The largest absolute Gasteiger partial charge is 0.398 e. The van der Waals surface area contributed by atoms with E-state index in [1.165, 1.54) is 18.4 Å². The molecule has 1 unspecified atom stereocenters. The summed E-state index contributed by atoms with van der Waals surface area (Å²) in [5, 5.41) is 2.60. The number of hydrogen-bond donors (Lipinski definition) is 3. The van der Waals surface area contributed by atoms with Crippen LogP contribution in [0.25, 0.3) is 0 Å². The first-order valence-electron chi connectivity index (χ1n) is 3.51. The topological polar surface area (TPSA) is 64.1 Å². The van der Waals surface area contributed by atoms with E-state index < -0.39 is 18.5 Å². The van der Waals surface area contributed by atoms with Crippen LogP contribution in [-0.4, -0.2) is 12.1 Å². The van der Waals surface area contributed by atoms with Crippen LogP contribution in [0.1, 0.15) is 6.42 Å². The van der Waals surface area contributed by atoms with Gasteiger partial charge in [0.25, 0.3) is 0 Å². The molecule has 3 nitrogen and oxygen atoms in total. The lowest BCUT2D eigenvalue weighted by molar-refractivity contribution is 0.110. The summed E-state index contributed by atoms with van der Waals surface area (Å²) in [6.45, 7) is 0. The molecule has 68 valence electrons. The number of alkyl halides is 2. The first-order chi connectivity index (χ1) is 5.52. The van der Waals surface area contributed by atoms with Crippen LogP contribution in [0.15, 0.2) is 24.0 Å². The Morgan fingerprint density at radius 3 is 2.67 bits per heavy atom. The number of nitrogens with two attached hydrogens (primary N) is 2. The molecule has 1 aliphatic heterocycles. The van der Waals surface area contributed by atoms with Crippen molar-refractivity contribution in [2.45, 2.75) is 18.5 Å². The van der Waals surface area contributed by atoms with Crippen LogP contribution in [-0.2, 0) is 0 Å². The maximum Gasteiger partial charge on any atom is 0.242 e. The Balaban J connectivity index is 2.59. The normalized spacial score (nSPS) is 28.5. The number of rotatable bonds is 2. The van der Waals surface area contributed by atoms with E-state index in [0.29, 0.717) is 5.70 Å². The Morgan fingerprint density at radius 1 is 1.58 bits per heavy atom. The summed E-state index contributed by atoms with van der Waals surface area (Å²) in [4.78, 5) is 0. The van der Waals surface area contributed by atoms with Gasteiger partial charge in [0.05, 0.1) is 0 Å². The highest BCUT2D eigenvalue weighted by Crippen LogP contribution is 2.15. The summed E-state index contributed by atoms with van der Waals surface area (Å²) in [5.74, 6) is 0. The lowest BCUT2D eigenvalue weighted by Gasteiger charge is -2.28. The van der Waals surface area contributed by atoms with Gasteiger partial charge < -0.3 is 16.8 Å². The minimum absolute atomic E-state index is 0.423. The van der Waals surface area contributed by atoms with Gasteiger partial charge in [-0.05, 0) is 12.2 Å². The van der Waals surface area contributed by atoms with Crippen molar-refractivity contribution in [2.24, 2.45) is 11.5 Å². The predicted octanol–water partition coefficient (Wildman–Crippen LogP) is 0.256. The smallest absolute Gasteiger partial charge is 0.242 e. The number of dihydropyridines is 1. The van der Waals surface area contributed by atoms with Gasteiger partial charge in [-0.2, -0.15) is 0 Å². The molecule has 0 amide bonds. The molecule has 5 N–H and O–H groups in total. The molecule has 1 rings (SSSR count). The molecule has 0 saturated carbocycles. The van der Waals surface area contributed by atoms with Crippen molar-refractivity contribution in [1.82, 2.24) is 5.32 Å². The fraction of sp³-hybridized carbons (Fsp3) is 0.429. The molecular formula is C7H11F2N3. The van der Waals surface area contributed by atoms with Crippen LogP contribution < -0.4 is 16.8 Å². The van der Waals surface area contributed by atoms with Crippen LogP contribution in [0.2, 0.25) is 0 Å². The molecule has 0 saturated heterocycles. The summed E-state index contributed by atoms with van der Waals surface area (Å²) < 4.78 is 23.9. The van der Waals surface area contributed by atoms with Gasteiger partial charge in [0.1, 0.15) is 5.66 Å². The standard InChI is InChI=1S/C7H11F2N3/c8-6(9)3-7(11)2-1-5(10)4-12-7/h1-2,4,6,12H,3,10-11H2. The third kappa shape index (κ3) is 2.20. The fourth-order valence-electron chi connectivity index (χ4n) is 0.941. The summed E-state index contributed by atoms with van der Waals surface area (Å²) in [6, 6.07) is 0. The first-order valence-corrected chi connectivity index (χ1v) is 3.51. The van der Waals surface area contributed by atoms with Gasteiger partial charge in [-0.15, -0.1) is 0 Å². The van der Waals surface area contributed by atoms with Gasteiger partial charge in [-0.25, -0.2) is 8.78 Å². The van der Waals surface area contributed by atoms with E-state index in [1.54, 1.807) is 0 Å². The monoisotopic (exact) mass is 175 g/mol. The van der Waals surface area contributed by atoms with E-state index in [0.717, 1.165) is 0 Å². The van der Waals surface area contributed by atoms with Gasteiger partial charge in [0.2, 0.25) is 6.43 Å². The highest BCUT2D eigenvalue weighted by Gasteiger charge is 2.26. The van der Waals surface area contributed by atoms with E-state index in [9.17, 15) is 8.78 Å². The van der Waals surface area contributed by atoms with Crippen LogP contribution in [0, 0.1) is 0 Å². The predicted molar refractivity (Wildman–Crippen MR) is 42.1 cm³/mol. The summed E-state index contributed by atoms with van der Waals surface area (Å²) in [6.07, 6.45) is 1.52. The Morgan fingerprint density at radius 2 is 2.25 bits per heavy atom. The summed E-state index contributed by atoms with van der Waals surface area (Å²) in [5.41, 5.74) is 10.2. The van der Waals surface area contributed by atoms with Crippen molar-refractivity contribution in [3.05, 3.63) is 24.0 Å². The lowest BCUT2D eigenvalue weighted by atomic mass is 10.0. The fourth-order valence-corrected chi connectivity index (χ4v) is 0.941. The molecule has 0 radical (unpaired) electrons. The molecule has 0 aromatic carbocycles. The zero-order valence-corrected chi connectivity index (χ0v) is 6.43. The minimum atomic E-state index is -2.43. The molecule has 0 fully saturated rings. The van der Waals surface area contributed by atoms with Gasteiger partial charge >= 0.3 is 0 Å². The zero-order valence-electron chi connectivity index (χ0n) is 6.43. The molecule has 1 aliphatic rings. The summed E-state index contributed by atoms with van der Waals surface area (Å²) in [7, 11) is 0. The van der Waals surface area contributed by atoms with Gasteiger partial charge in [0.15, 0.2) is 0 Å². The van der Waals surface area contributed by atoms with Gasteiger partial charge in [-0.3, -0.25) is 0 Å². The van der Waals surface area contributed by atoms with Crippen molar-refractivity contribution in [2.75, 3.05) is 0 Å². The molecule has 1 heterocycles. The van der Waals surface area contributed by atoms with Crippen LogP contribution >= 0.6 is 0 Å². The second-order valence-electron chi connectivity index (χ2n) is 2.76. The van der Waals surface area contributed by atoms with Gasteiger partial charge in [0, 0.05) is 18.3 Å². The van der Waals surface area contributed by atoms with Crippen LogP contribution in [0.3, 0.4) is 0 Å². The third-order valence-corrected chi connectivity index (χ3v) is 1.57. The average Bonchev–Trinajstić information content (AvgIpc) is 1.94. The molecule has 0 aromatic rings. The highest BCUT2D eigenvalue weighted by molar-refractivity contribution is 5.24. The maximum atomic E-state index is 12.0. The average molecular weight is 175 g/mol. The van der Waals surface area contributed by atoms with E-state index in [2.05, 4.69) is 5.32 Å². The van der Waals surface area contributed by atoms with Crippen molar-refractivity contribution in [1.29, 1.82) is 0 Å². The Labute approximate surface area is 69.1 Å². The molecular weight excluding hydrogens is 164 g/mol. The quantitative estimate of drug-likeness (QED) is 0.564. The Bertz CT molecular complexity index is 225. The molecule has 0 aliphatic carbocycles. The molecule has 12 heavy (non-hydrogen) atoms. The van der Waals surface area contributed by atoms with Crippen molar-refractivity contribution < 1.29 is 8.78 Å². The lowest BCUT2D eigenvalue weighted by Crippen LogP contribution is -2.52. The number of hydrogen-bond acceptors (Lipinski definition) is 3. The molecule has 5 heteroatoms. The molecule has 0 bridgehead atoms. The van der Waals surface area contributed by atoms with Crippen molar-refractivity contribution in [3.63, 3.8) is 0 Å². The third-order valence-electron chi connectivity index (χ3n) is 1.57. The van der Waals surface area contributed by atoms with Crippen molar-refractivity contribution >= 4 is 0 Å². The second-order valence-corrected chi connectivity index (χ2v) is 2.76. The minimum Gasteiger partial charge on any atom is -0.398 e. The first kappa shape index (κ1) is 8.99. The van der Waals surface area contributed by atoms with Crippen molar-refractivity contribution in [3.8, 4) is 0 Å². The number of halogens is 2. The number of allylic oxidation sites excluding steroid dienone is 1. The molecule has 0 aromatic heterocycles. The Kier molecular flexibility index (Phi) is 2.32. The van der Waals surface area contributed by atoms with Crippen LogP contribution in [0.5, 0.6) is 0 Å². The second kappa shape index (κ2) is 3.10. The van der Waals surface area contributed by atoms with E-state index >= 15 is 0 Å². The SMILES string of the molecule is NC1=CNC(N)(CC(F)F)C=C1. The van der Waals surface area contributed by atoms with E-state index in [-0.39, 0.29) is 0 Å². The van der Waals surface area contributed by atoms with Gasteiger partial charge in [-0.1, -0.05) is 0 Å². The summed E-state index contributed by atoms with van der Waals surface area (Å²) >= 11 is 0. The zero-order chi connectivity index (χ0) is 9.19. The van der Waals surface area contributed by atoms with E-state index in [1.807, 2.05) is 0 Å². The molecule has 0 spiro atoms. The van der Waals surface area contributed by atoms with E-state index in [4.69, 9.17) is 11.5 Å². The molecule has 1 atom stereocenters. The Hall–Kier alpha value is -1.10. The van der Waals surface area contributed by atoms with Crippen LogP contribution in [0.4, 0.5) is 8.78 Å².